The lowest BCUT2D eigenvalue weighted by atomic mass is 9.77. The lowest BCUT2D eigenvalue weighted by molar-refractivity contribution is -0.163. The van der Waals surface area contributed by atoms with Crippen LogP contribution >= 0.6 is 11.6 Å². The summed E-state index contributed by atoms with van der Waals surface area (Å²) in [7, 11) is 0. The highest BCUT2D eigenvalue weighted by Gasteiger charge is 2.60. The fourth-order valence-electron chi connectivity index (χ4n) is 5.49. The van der Waals surface area contributed by atoms with Gasteiger partial charge in [0.2, 0.25) is 5.91 Å². The van der Waals surface area contributed by atoms with E-state index >= 15 is 0 Å². The van der Waals surface area contributed by atoms with Crippen LogP contribution in [0, 0.1) is 11.8 Å². The van der Waals surface area contributed by atoms with E-state index in [4.69, 9.17) is 11.6 Å². The van der Waals surface area contributed by atoms with Crippen molar-refractivity contribution in [3.8, 4) is 11.5 Å². The molecule has 11 heteroatoms. The van der Waals surface area contributed by atoms with Gasteiger partial charge in [0.25, 0.3) is 5.91 Å². The summed E-state index contributed by atoms with van der Waals surface area (Å²) in [6.45, 7) is 6.18. The number of rotatable bonds is 6. The average Bonchev–Trinajstić information content (AvgIpc) is 3.21. The zero-order valence-electron chi connectivity index (χ0n) is 19.0. The van der Waals surface area contributed by atoms with Crippen LogP contribution in [0.15, 0.2) is 23.4 Å². The normalized spacial score (nSPS) is 29.7. The third-order valence-electron chi connectivity index (χ3n) is 7.27. The number of β-lactam (4-membered cyclic amide) rings is 1. The molecule has 0 unspecified atom stereocenters. The quantitative estimate of drug-likeness (QED) is 0.292. The van der Waals surface area contributed by atoms with Gasteiger partial charge in [0.05, 0.1) is 28.6 Å². The Morgan fingerprint density at radius 1 is 1.26 bits per heavy atom. The maximum atomic E-state index is 12.7. The molecule has 2 amide bonds. The number of carboxylic acid groups (broad SMARTS) is 1. The maximum Gasteiger partial charge on any atom is 0.352 e. The molecule has 3 aliphatic rings. The van der Waals surface area contributed by atoms with Crippen LogP contribution in [-0.4, -0.2) is 85.3 Å². The van der Waals surface area contributed by atoms with Gasteiger partial charge in [-0.05, 0) is 38.0 Å². The number of carbonyl (C=O) groups is 3. The van der Waals surface area contributed by atoms with E-state index in [0.29, 0.717) is 25.1 Å². The molecule has 4 rings (SSSR count). The topological polar surface area (TPSA) is 151 Å². The standard InChI is InChI=1S/C23H28ClN3O7/c1-9-6-12(25-21(31)13-4-5-15(29)20(30)17(13)24)7-26(9)8-14-10(2)18-16(11(3)28)22(32)27(18)19(14)23(33)34/h4-5,9-12,16,18,28-30H,6-8H2,1-3H3,(H,25,31)(H,33,34)/t9-,10-,11+,12-,16+,18+/m0/s1. The summed E-state index contributed by atoms with van der Waals surface area (Å²) >= 11 is 6.00. The molecule has 34 heavy (non-hydrogen) atoms. The molecule has 0 aliphatic carbocycles. The predicted molar refractivity (Wildman–Crippen MR) is 121 cm³/mol. The Bertz CT molecular complexity index is 1090. The van der Waals surface area contributed by atoms with Crippen LogP contribution < -0.4 is 5.32 Å². The van der Waals surface area contributed by atoms with E-state index in [1.807, 2.05) is 13.8 Å². The van der Waals surface area contributed by atoms with Gasteiger partial charge < -0.3 is 30.6 Å². The summed E-state index contributed by atoms with van der Waals surface area (Å²) < 4.78 is 0. The maximum absolute atomic E-state index is 12.7. The number of likely N-dealkylation sites (tertiary alicyclic amines) is 1. The first-order chi connectivity index (χ1) is 15.9. The minimum absolute atomic E-state index is 0.00886. The van der Waals surface area contributed by atoms with Gasteiger partial charge >= 0.3 is 5.97 Å². The lowest BCUT2D eigenvalue weighted by Gasteiger charge is -2.46. The summed E-state index contributed by atoms with van der Waals surface area (Å²) in [5.41, 5.74) is 0.667. The number of carboxylic acids is 1. The Kier molecular flexibility index (Phi) is 6.26. The Labute approximate surface area is 201 Å². The number of amides is 2. The number of phenolic OH excluding ortho intramolecular Hbond substituents is 2. The zero-order valence-corrected chi connectivity index (χ0v) is 19.8. The Morgan fingerprint density at radius 2 is 1.94 bits per heavy atom. The summed E-state index contributed by atoms with van der Waals surface area (Å²) in [5.74, 6) is -3.84. The number of carbonyl (C=O) groups excluding carboxylic acids is 2. The van der Waals surface area contributed by atoms with E-state index < -0.39 is 35.4 Å². The molecule has 0 aromatic heterocycles. The van der Waals surface area contributed by atoms with Crippen molar-refractivity contribution in [3.63, 3.8) is 0 Å². The number of aliphatic hydroxyl groups is 1. The third kappa shape index (κ3) is 3.79. The zero-order chi connectivity index (χ0) is 25.1. The van der Waals surface area contributed by atoms with Crippen molar-refractivity contribution in [1.29, 1.82) is 0 Å². The van der Waals surface area contributed by atoms with E-state index in [-0.39, 0.29) is 46.2 Å². The highest BCUT2D eigenvalue weighted by atomic mass is 35.5. The van der Waals surface area contributed by atoms with Crippen molar-refractivity contribution in [2.24, 2.45) is 11.8 Å². The molecule has 0 bridgehead atoms. The van der Waals surface area contributed by atoms with Crippen LogP contribution in [0.1, 0.15) is 37.6 Å². The van der Waals surface area contributed by atoms with Crippen LogP contribution in [0.2, 0.25) is 5.02 Å². The third-order valence-corrected chi connectivity index (χ3v) is 7.65. The van der Waals surface area contributed by atoms with Gasteiger partial charge in [0, 0.05) is 31.1 Å². The van der Waals surface area contributed by atoms with E-state index in [2.05, 4.69) is 10.2 Å². The SMILES string of the molecule is C[C@@H](O)[C@H]1C(=O)N2C(C(=O)O)=C(CN3C[C@@H](NC(=O)c4ccc(O)c(O)c4Cl)C[C@@H]3C)[C@H](C)[C@H]12. The molecule has 0 radical (unpaired) electrons. The second-order valence-corrected chi connectivity index (χ2v) is 9.79. The first kappa shape index (κ1) is 24.3. The molecule has 1 aromatic rings. The number of nitrogens with zero attached hydrogens (tertiary/aromatic N) is 2. The second kappa shape index (κ2) is 8.75. The van der Waals surface area contributed by atoms with Crippen molar-refractivity contribution < 1.29 is 34.8 Å². The monoisotopic (exact) mass is 493 g/mol. The number of halogens is 1. The molecule has 2 saturated heterocycles. The summed E-state index contributed by atoms with van der Waals surface area (Å²) in [6.07, 6.45) is -0.248. The van der Waals surface area contributed by atoms with Crippen molar-refractivity contribution in [1.82, 2.24) is 15.1 Å². The van der Waals surface area contributed by atoms with Gasteiger partial charge in [0.15, 0.2) is 11.5 Å². The molecule has 0 spiro atoms. The minimum atomic E-state index is -1.17. The smallest absolute Gasteiger partial charge is 0.352 e. The van der Waals surface area contributed by atoms with Gasteiger partial charge in [-0.2, -0.15) is 0 Å². The molecule has 6 atom stereocenters. The highest BCUT2D eigenvalue weighted by molar-refractivity contribution is 6.35. The number of hydrogen-bond donors (Lipinski definition) is 5. The number of phenols is 2. The number of aromatic hydroxyl groups is 2. The second-order valence-electron chi connectivity index (χ2n) is 9.41. The first-order valence-corrected chi connectivity index (χ1v) is 11.5. The Balaban J connectivity index is 1.48. The number of benzene rings is 1. The summed E-state index contributed by atoms with van der Waals surface area (Å²) in [4.78, 5) is 40.6. The molecule has 10 nitrogen and oxygen atoms in total. The van der Waals surface area contributed by atoms with Crippen molar-refractivity contribution in [3.05, 3.63) is 34.0 Å². The van der Waals surface area contributed by atoms with Gasteiger partial charge in [-0.25, -0.2) is 4.79 Å². The molecular weight excluding hydrogens is 466 g/mol. The van der Waals surface area contributed by atoms with E-state index in [9.17, 15) is 34.8 Å². The van der Waals surface area contributed by atoms with E-state index in [1.165, 1.54) is 17.0 Å². The highest BCUT2D eigenvalue weighted by Crippen LogP contribution is 2.47. The van der Waals surface area contributed by atoms with Crippen LogP contribution in [0.4, 0.5) is 0 Å². The fourth-order valence-corrected chi connectivity index (χ4v) is 5.73. The molecule has 2 fully saturated rings. The number of aliphatic hydroxyl groups excluding tert-OH is 1. The molecule has 0 saturated carbocycles. The lowest BCUT2D eigenvalue weighted by Crippen LogP contribution is -2.63. The molecule has 1 aromatic carbocycles. The molecular formula is C23H28ClN3O7. The van der Waals surface area contributed by atoms with E-state index in [0.717, 1.165) is 0 Å². The van der Waals surface area contributed by atoms with Crippen molar-refractivity contribution >= 4 is 29.4 Å². The molecule has 184 valence electrons. The Morgan fingerprint density at radius 3 is 2.56 bits per heavy atom. The van der Waals surface area contributed by atoms with Gasteiger partial charge in [-0.1, -0.05) is 18.5 Å². The minimum Gasteiger partial charge on any atom is -0.504 e. The largest absolute Gasteiger partial charge is 0.504 e. The first-order valence-electron chi connectivity index (χ1n) is 11.2. The molecule has 3 heterocycles. The average molecular weight is 494 g/mol. The number of hydrogen-bond acceptors (Lipinski definition) is 7. The summed E-state index contributed by atoms with van der Waals surface area (Å²) in [6, 6.07) is 1.93. The summed E-state index contributed by atoms with van der Waals surface area (Å²) in [5, 5.41) is 41.8. The van der Waals surface area contributed by atoms with Gasteiger partial charge in [-0.15, -0.1) is 0 Å². The van der Waals surface area contributed by atoms with Crippen LogP contribution in [0.25, 0.3) is 0 Å². The number of nitrogens with one attached hydrogen (secondary N) is 1. The predicted octanol–water partition coefficient (Wildman–Crippen LogP) is 1.14. The van der Waals surface area contributed by atoms with Crippen LogP contribution in [0.5, 0.6) is 11.5 Å². The number of aliphatic carboxylic acids is 1. The van der Waals surface area contributed by atoms with Crippen LogP contribution in [0.3, 0.4) is 0 Å². The van der Waals surface area contributed by atoms with Gasteiger partial charge in [-0.3, -0.25) is 14.5 Å². The molecule has 5 N–H and O–H groups in total. The van der Waals surface area contributed by atoms with Gasteiger partial charge in [0.1, 0.15) is 5.70 Å². The van der Waals surface area contributed by atoms with Crippen LogP contribution in [-0.2, 0) is 9.59 Å². The molecule has 3 aliphatic heterocycles. The number of fused-ring (bicyclic) bond motifs is 1. The van der Waals surface area contributed by atoms with Crippen molar-refractivity contribution in [2.75, 3.05) is 13.1 Å². The Hall–Kier alpha value is -2.82. The van der Waals surface area contributed by atoms with E-state index in [1.54, 1.807) is 6.92 Å². The van der Waals surface area contributed by atoms with Crippen molar-refractivity contribution in [2.45, 2.75) is 51.4 Å². The fraction of sp³-hybridized carbons (Fsp3) is 0.522.